The van der Waals surface area contributed by atoms with Crippen LogP contribution in [0.1, 0.15) is 15.4 Å². The summed E-state index contributed by atoms with van der Waals surface area (Å²) in [4.78, 5) is 12.3. The molecule has 0 aliphatic rings. The molecule has 0 fully saturated rings. The van der Waals surface area contributed by atoms with Crippen LogP contribution in [0.25, 0.3) is 0 Å². The molecule has 78 valence electrons. The molecule has 0 aliphatic carbocycles. The molecule has 0 bridgehead atoms. The van der Waals surface area contributed by atoms with Crippen LogP contribution < -0.4 is 5.32 Å². The Balaban J connectivity index is 2.10. The fourth-order valence-corrected chi connectivity index (χ4v) is 2.32. The largest absolute Gasteiger partial charge is 0.360 e. The summed E-state index contributed by atoms with van der Waals surface area (Å²) < 4.78 is 5.76. The molecule has 1 N–H and O–H groups in total. The van der Waals surface area contributed by atoms with Gasteiger partial charge in [-0.15, -0.1) is 11.3 Å². The molecule has 0 aromatic carbocycles. The van der Waals surface area contributed by atoms with E-state index in [4.69, 9.17) is 4.52 Å². The highest BCUT2D eigenvalue weighted by Crippen LogP contribution is 2.22. The van der Waals surface area contributed by atoms with Gasteiger partial charge < -0.3 is 9.84 Å². The van der Waals surface area contributed by atoms with Crippen LogP contribution in [-0.2, 0) is 0 Å². The highest BCUT2D eigenvalue weighted by Gasteiger charge is 2.10. The minimum absolute atomic E-state index is 0.181. The Labute approximate surface area is 98.4 Å². The zero-order valence-electron chi connectivity index (χ0n) is 7.78. The lowest BCUT2D eigenvalue weighted by molar-refractivity contribution is 0.102. The van der Waals surface area contributed by atoms with Crippen molar-refractivity contribution in [2.24, 2.45) is 0 Å². The van der Waals surface area contributed by atoms with Crippen LogP contribution in [0.5, 0.6) is 0 Å². The van der Waals surface area contributed by atoms with Crippen LogP contribution in [0, 0.1) is 6.92 Å². The van der Waals surface area contributed by atoms with Gasteiger partial charge in [-0.25, -0.2) is 0 Å². The molecule has 0 spiro atoms. The number of thiophene rings is 1. The Hall–Kier alpha value is -1.14. The Morgan fingerprint density at radius 3 is 2.93 bits per heavy atom. The molecule has 2 aromatic rings. The van der Waals surface area contributed by atoms with Crippen LogP contribution in [-0.4, -0.2) is 11.1 Å². The number of carbonyl (C=O) groups is 1. The van der Waals surface area contributed by atoms with Crippen molar-refractivity contribution in [3.05, 3.63) is 32.6 Å². The highest BCUT2D eigenvalue weighted by molar-refractivity contribution is 9.11. The maximum absolute atomic E-state index is 11.6. The molecule has 1 amide bonds. The van der Waals surface area contributed by atoms with Crippen molar-refractivity contribution in [3.63, 3.8) is 0 Å². The Morgan fingerprint density at radius 2 is 2.40 bits per heavy atom. The second-order valence-corrected chi connectivity index (χ2v) is 5.34. The minimum atomic E-state index is -0.181. The average molecular weight is 287 g/mol. The van der Waals surface area contributed by atoms with E-state index in [-0.39, 0.29) is 5.91 Å². The van der Waals surface area contributed by atoms with E-state index in [2.05, 4.69) is 26.4 Å². The molecule has 0 unspecified atom stereocenters. The van der Waals surface area contributed by atoms with Gasteiger partial charge in [0.1, 0.15) is 5.76 Å². The van der Waals surface area contributed by atoms with Gasteiger partial charge in [0.05, 0.1) is 8.66 Å². The fraction of sp³-hybridized carbons (Fsp3) is 0.111. The first-order chi connectivity index (χ1) is 7.15. The number of hydrogen-bond acceptors (Lipinski definition) is 4. The molecule has 2 aromatic heterocycles. The topological polar surface area (TPSA) is 55.1 Å². The van der Waals surface area contributed by atoms with Crippen molar-refractivity contribution in [3.8, 4) is 0 Å². The van der Waals surface area contributed by atoms with Gasteiger partial charge >= 0.3 is 0 Å². The van der Waals surface area contributed by atoms with Gasteiger partial charge in [-0.1, -0.05) is 5.16 Å². The molecule has 0 radical (unpaired) electrons. The number of amides is 1. The molecule has 15 heavy (non-hydrogen) atoms. The third kappa shape index (κ3) is 2.45. The van der Waals surface area contributed by atoms with E-state index in [0.717, 1.165) is 3.79 Å². The van der Waals surface area contributed by atoms with E-state index in [0.29, 0.717) is 16.5 Å². The molecule has 0 saturated heterocycles. The fourth-order valence-electron chi connectivity index (χ4n) is 1.04. The van der Waals surface area contributed by atoms with Gasteiger partial charge in [0, 0.05) is 6.07 Å². The third-order valence-corrected chi connectivity index (χ3v) is 3.29. The quantitative estimate of drug-likeness (QED) is 0.923. The molecule has 4 nitrogen and oxygen atoms in total. The van der Waals surface area contributed by atoms with Crippen LogP contribution in [0.15, 0.2) is 26.5 Å². The van der Waals surface area contributed by atoms with Crippen molar-refractivity contribution in [2.45, 2.75) is 6.92 Å². The number of hydrogen-bond donors (Lipinski definition) is 1. The summed E-state index contributed by atoms with van der Waals surface area (Å²) in [7, 11) is 0. The molecule has 0 saturated carbocycles. The van der Waals surface area contributed by atoms with E-state index in [9.17, 15) is 4.79 Å². The van der Waals surface area contributed by atoms with Gasteiger partial charge in [0.25, 0.3) is 5.91 Å². The molecule has 2 heterocycles. The average Bonchev–Trinajstić information content (AvgIpc) is 2.75. The Kier molecular flexibility index (Phi) is 2.88. The number of aromatic nitrogens is 1. The van der Waals surface area contributed by atoms with Gasteiger partial charge in [-0.05, 0) is 35.0 Å². The Bertz CT molecular complexity index is 492. The van der Waals surface area contributed by atoms with Crippen LogP contribution >= 0.6 is 27.3 Å². The van der Waals surface area contributed by atoms with E-state index in [1.165, 1.54) is 11.3 Å². The maximum atomic E-state index is 11.6. The van der Waals surface area contributed by atoms with E-state index in [1.807, 2.05) is 6.07 Å². The SMILES string of the molecule is Cc1cc(NC(=O)c2ccc(Br)s2)no1. The zero-order valence-corrected chi connectivity index (χ0v) is 10.2. The lowest BCUT2D eigenvalue weighted by Crippen LogP contribution is -2.10. The van der Waals surface area contributed by atoms with E-state index in [1.54, 1.807) is 19.1 Å². The van der Waals surface area contributed by atoms with Crippen molar-refractivity contribution in [2.75, 3.05) is 5.32 Å². The lowest BCUT2D eigenvalue weighted by atomic mass is 10.4. The van der Waals surface area contributed by atoms with E-state index >= 15 is 0 Å². The van der Waals surface area contributed by atoms with Crippen molar-refractivity contribution in [1.29, 1.82) is 0 Å². The first-order valence-electron chi connectivity index (χ1n) is 4.15. The molecular weight excluding hydrogens is 280 g/mol. The number of aryl methyl sites for hydroxylation is 1. The summed E-state index contributed by atoms with van der Waals surface area (Å²) in [5, 5.41) is 6.31. The predicted octanol–water partition coefficient (Wildman–Crippen LogP) is 3.06. The molecule has 6 heteroatoms. The summed E-state index contributed by atoms with van der Waals surface area (Å²) in [5.41, 5.74) is 0. The standard InChI is InChI=1S/C9H7BrN2O2S/c1-5-4-8(12-14-5)11-9(13)6-2-3-7(10)15-6/h2-4H,1H3,(H,11,12,13). The normalized spacial score (nSPS) is 10.3. The smallest absolute Gasteiger partial charge is 0.267 e. The Morgan fingerprint density at radius 1 is 1.60 bits per heavy atom. The van der Waals surface area contributed by atoms with Gasteiger partial charge in [-0.3, -0.25) is 4.79 Å². The number of nitrogens with zero attached hydrogens (tertiary/aromatic N) is 1. The summed E-state index contributed by atoms with van der Waals surface area (Å²) in [5.74, 6) is 0.915. The monoisotopic (exact) mass is 286 g/mol. The summed E-state index contributed by atoms with van der Waals surface area (Å²) in [6.45, 7) is 1.77. The summed E-state index contributed by atoms with van der Waals surface area (Å²) in [6.07, 6.45) is 0. The third-order valence-electron chi connectivity index (χ3n) is 1.67. The van der Waals surface area contributed by atoms with E-state index < -0.39 is 0 Å². The number of rotatable bonds is 2. The number of anilines is 1. The predicted molar refractivity (Wildman–Crippen MR) is 61.2 cm³/mol. The maximum Gasteiger partial charge on any atom is 0.267 e. The first-order valence-corrected chi connectivity index (χ1v) is 5.76. The van der Waals surface area contributed by atoms with Crippen molar-refractivity contribution in [1.82, 2.24) is 5.16 Å². The number of halogens is 1. The van der Waals surface area contributed by atoms with Gasteiger partial charge in [0.2, 0.25) is 0 Å². The molecule has 2 rings (SSSR count). The molecule has 0 atom stereocenters. The van der Waals surface area contributed by atoms with Crippen molar-refractivity contribution < 1.29 is 9.32 Å². The number of carbonyl (C=O) groups excluding carboxylic acids is 1. The number of nitrogens with one attached hydrogen (secondary N) is 1. The van der Waals surface area contributed by atoms with Crippen LogP contribution in [0.4, 0.5) is 5.82 Å². The zero-order chi connectivity index (χ0) is 10.8. The van der Waals surface area contributed by atoms with Crippen LogP contribution in [0.2, 0.25) is 0 Å². The molecular formula is C9H7BrN2O2S. The minimum Gasteiger partial charge on any atom is -0.360 e. The highest BCUT2D eigenvalue weighted by atomic mass is 79.9. The van der Waals surface area contributed by atoms with Crippen LogP contribution in [0.3, 0.4) is 0 Å². The molecule has 0 aliphatic heterocycles. The summed E-state index contributed by atoms with van der Waals surface area (Å²) in [6, 6.07) is 5.24. The van der Waals surface area contributed by atoms with Gasteiger partial charge in [-0.2, -0.15) is 0 Å². The lowest BCUT2D eigenvalue weighted by Gasteiger charge is -1.96. The first kappa shape index (κ1) is 10.4. The van der Waals surface area contributed by atoms with Crippen molar-refractivity contribution >= 4 is 39.0 Å². The second-order valence-electron chi connectivity index (χ2n) is 2.88. The second kappa shape index (κ2) is 4.16. The van der Waals surface area contributed by atoms with Gasteiger partial charge in [0.15, 0.2) is 5.82 Å². The summed E-state index contributed by atoms with van der Waals surface area (Å²) >= 11 is 4.66.